The quantitative estimate of drug-likeness (QED) is 0.721. The van der Waals surface area contributed by atoms with Crippen LogP contribution in [0.5, 0.6) is 0 Å². The average molecular weight is 434 g/mol. The largest absolute Gasteiger partial charge is 0.342 e. The number of carbonyl (C=O) groups excluding carboxylic acids is 2. The van der Waals surface area contributed by atoms with Crippen molar-refractivity contribution in [3.05, 3.63) is 35.9 Å². The Kier molecular flexibility index (Phi) is 5.90. The SMILES string of the molecule is CN1[C@@H]2CCN(C(=O)CCc3ccccc3)C[C@@]2(C(=O)N2CCCC2)CCS1(=O)=O. The number of likely N-dealkylation sites (tertiary alicyclic amines) is 2. The van der Waals surface area contributed by atoms with Crippen LogP contribution in [-0.4, -0.2) is 79.4 Å². The van der Waals surface area contributed by atoms with Crippen molar-refractivity contribution in [1.82, 2.24) is 14.1 Å². The van der Waals surface area contributed by atoms with Crippen molar-refractivity contribution < 1.29 is 18.0 Å². The van der Waals surface area contributed by atoms with Crippen LogP contribution in [0.15, 0.2) is 30.3 Å². The first-order valence-electron chi connectivity index (χ1n) is 10.9. The van der Waals surface area contributed by atoms with E-state index in [2.05, 4.69) is 0 Å². The summed E-state index contributed by atoms with van der Waals surface area (Å²) < 4.78 is 26.4. The molecule has 2 amide bonds. The minimum atomic E-state index is -3.35. The predicted octanol–water partition coefficient (Wildman–Crippen LogP) is 1.49. The van der Waals surface area contributed by atoms with Crippen LogP contribution < -0.4 is 0 Å². The van der Waals surface area contributed by atoms with Gasteiger partial charge >= 0.3 is 0 Å². The number of amides is 2. The maximum absolute atomic E-state index is 13.6. The first-order valence-corrected chi connectivity index (χ1v) is 12.5. The highest BCUT2D eigenvalue weighted by Gasteiger charge is 2.57. The first kappa shape index (κ1) is 21.3. The van der Waals surface area contributed by atoms with Crippen LogP contribution in [0.25, 0.3) is 0 Å². The summed E-state index contributed by atoms with van der Waals surface area (Å²) in [5.41, 5.74) is 0.289. The van der Waals surface area contributed by atoms with Crippen LogP contribution in [0, 0.1) is 5.41 Å². The predicted molar refractivity (Wildman–Crippen MR) is 114 cm³/mol. The summed E-state index contributed by atoms with van der Waals surface area (Å²) >= 11 is 0. The summed E-state index contributed by atoms with van der Waals surface area (Å²) in [6.45, 7) is 2.27. The number of piperidine rings is 1. The molecule has 0 radical (unpaired) electrons. The third kappa shape index (κ3) is 3.87. The molecule has 0 saturated carbocycles. The molecule has 0 spiro atoms. The number of rotatable bonds is 4. The van der Waals surface area contributed by atoms with Crippen molar-refractivity contribution in [3.8, 4) is 0 Å². The van der Waals surface area contributed by atoms with Gasteiger partial charge in [-0.1, -0.05) is 30.3 Å². The molecule has 3 aliphatic heterocycles. The fourth-order valence-electron chi connectivity index (χ4n) is 5.32. The average Bonchev–Trinajstić information content (AvgIpc) is 3.30. The minimum absolute atomic E-state index is 0.0345. The normalized spacial score (nSPS) is 28.9. The lowest BCUT2D eigenvalue weighted by atomic mass is 9.71. The standard InChI is InChI=1S/C22H31N3O4S/c1-23-19-11-15-25(20(26)10-9-18-7-3-2-4-8-18)17-22(19,12-16-30(23,28)29)21(27)24-13-5-6-14-24/h2-4,7-8,19H,5-6,9-17H2,1H3/t19-,22+/m1/s1. The summed E-state index contributed by atoms with van der Waals surface area (Å²) in [5.74, 6) is 0.0420. The molecule has 0 aliphatic carbocycles. The summed E-state index contributed by atoms with van der Waals surface area (Å²) in [6, 6.07) is 9.54. The van der Waals surface area contributed by atoms with Crippen LogP contribution in [0.3, 0.4) is 0 Å². The Balaban J connectivity index is 1.54. The van der Waals surface area contributed by atoms with E-state index in [1.54, 1.807) is 11.9 Å². The summed E-state index contributed by atoms with van der Waals surface area (Å²) in [6.07, 6.45) is 3.84. The number of hydrogen-bond donors (Lipinski definition) is 0. The highest BCUT2D eigenvalue weighted by Crippen LogP contribution is 2.44. The number of fused-ring (bicyclic) bond motifs is 1. The molecule has 3 heterocycles. The monoisotopic (exact) mass is 433 g/mol. The lowest BCUT2D eigenvalue weighted by molar-refractivity contribution is -0.153. The molecule has 1 aromatic rings. The van der Waals surface area contributed by atoms with Gasteiger partial charge in [-0.25, -0.2) is 12.7 Å². The number of aryl methyl sites for hydroxylation is 1. The van der Waals surface area contributed by atoms with Gasteiger partial charge in [0.2, 0.25) is 21.8 Å². The van der Waals surface area contributed by atoms with Crippen LogP contribution in [0.4, 0.5) is 0 Å². The van der Waals surface area contributed by atoms with Crippen molar-refractivity contribution >= 4 is 21.8 Å². The van der Waals surface area contributed by atoms with Gasteiger partial charge in [-0.2, -0.15) is 0 Å². The summed E-state index contributed by atoms with van der Waals surface area (Å²) in [7, 11) is -1.76. The van der Waals surface area contributed by atoms with Gasteiger partial charge in [0, 0.05) is 45.7 Å². The maximum atomic E-state index is 13.6. The molecule has 0 N–H and O–H groups in total. The van der Waals surface area contributed by atoms with Gasteiger partial charge in [-0.15, -0.1) is 0 Å². The second-order valence-corrected chi connectivity index (χ2v) is 11.0. The van der Waals surface area contributed by atoms with E-state index in [4.69, 9.17) is 0 Å². The molecule has 1 aromatic carbocycles. The second kappa shape index (κ2) is 8.30. The molecule has 0 aromatic heterocycles. The second-order valence-electron chi connectivity index (χ2n) is 8.84. The van der Waals surface area contributed by atoms with Gasteiger partial charge < -0.3 is 9.80 Å². The Hall–Kier alpha value is -1.93. The van der Waals surface area contributed by atoms with Gasteiger partial charge in [0.15, 0.2) is 0 Å². The van der Waals surface area contributed by atoms with Crippen molar-refractivity contribution in [1.29, 1.82) is 0 Å². The lowest BCUT2D eigenvalue weighted by Crippen LogP contribution is -2.67. The Bertz CT molecular complexity index is 898. The third-order valence-corrected chi connectivity index (χ3v) is 8.96. The molecule has 3 saturated heterocycles. The van der Waals surface area contributed by atoms with E-state index in [0.29, 0.717) is 38.8 Å². The van der Waals surface area contributed by atoms with Gasteiger partial charge in [0.05, 0.1) is 11.2 Å². The zero-order valence-electron chi connectivity index (χ0n) is 17.6. The summed E-state index contributed by atoms with van der Waals surface area (Å²) in [4.78, 5) is 30.3. The number of nitrogens with zero attached hydrogens (tertiary/aromatic N) is 3. The van der Waals surface area contributed by atoms with Crippen molar-refractivity contribution in [2.24, 2.45) is 5.41 Å². The highest BCUT2D eigenvalue weighted by atomic mass is 32.2. The van der Waals surface area contributed by atoms with Crippen LogP contribution in [0.2, 0.25) is 0 Å². The summed E-state index contributed by atoms with van der Waals surface area (Å²) in [5, 5.41) is 0. The number of sulfonamides is 1. The molecular formula is C22H31N3O4S. The number of carbonyl (C=O) groups is 2. The van der Waals surface area contributed by atoms with Crippen molar-refractivity contribution in [2.75, 3.05) is 39.0 Å². The van der Waals surface area contributed by atoms with Gasteiger partial charge in [0.1, 0.15) is 0 Å². The van der Waals surface area contributed by atoms with E-state index >= 15 is 0 Å². The van der Waals surface area contributed by atoms with E-state index in [1.807, 2.05) is 35.2 Å². The fourth-order valence-corrected chi connectivity index (χ4v) is 6.93. The van der Waals surface area contributed by atoms with E-state index < -0.39 is 15.4 Å². The zero-order valence-corrected chi connectivity index (χ0v) is 18.4. The van der Waals surface area contributed by atoms with Crippen molar-refractivity contribution in [2.45, 2.75) is 44.6 Å². The first-order chi connectivity index (χ1) is 14.3. The van der Waals surface area contributed by atoms with E-state index in [-0.39, 0.29) is 23.6 Å². The lowest BCUT2D eigenvalue weighted by Gasteiger charge is -2.53. The highest BCUT2D eigenvalue weighted by molar-refractivity contribution is 7.89. The molecule has 3 aliphatic rings. The van der Waals surface area contributed by atoms with E-state index in [0.717, 1.165) is 31.5 Å². The third-order valence-electron chi connectivity index (χ3n) is 7.11. The molecule has 0 bridgehead atoms. The molecule has 2 atom stereocenters. The van der Waals surface area contributed by atoms with Crippen LogP contribution in [0.1, 0.15) is 37.7 Å². The Morgan fingerprint density at radius 2 is 1.77 bits per heavy atom. The number of hydrogen-bond acceptors (Lipinski definition) is 4. The minimum Gasteiger partial charge on any atom is -0.342 e. The molecule has 164 valence electrons. The van der Waals surface area contributed by atoms with Crippen molar-refractivity contribution in [3.63, 3.8) is 0 Å². The Morgan fingerprint density at radius 1 is 1.07 bits per heavy atom. The van der Waals surface area contributed by atoms with Crippen LogP contribution in [-0.2, 0) is 26.0 Å². The molecule has 7 nitrogen and oxygen atoms in total. The topological polar surface area (TPSA) is 78.0 Å². The smallest absolute Gasteiger partial charge is 0.232 e. The maximum Gasteiger partial charge on any atom is 0.232 e. The molecule has 4 rings (SSSR count). The van der Waals surface area contributed by atoms with E-state index in [1.165, 1.54) is 4.31 Å². The van der Waals surface area contributed by atoms with E-state index in [9.17, 15) is 18.0 Å². The van der Waals surface area contributed by atoms with Gasteiger partial charge in [0.25, 0.3) is 0 Å². The Labute approximate surface area is 179 Å². The molecule has 0 unspecified atom stereocenters. The van der Waals surface area contributed by atoms with Gasteiger partial charge in [-0.3, -0.25) is 9.59 Å². The molecule has 8 heteroatoms. The fraction of sp³-hybridized carbons (Fsp3) is 0.636. The zero-order chi connectivity index (χ0) is 21.4. The Morgan fingerprint density at radius 3 is 2.47 bits per heavy atom. The molecule has 3 fully saturated rings. The molecule has 30 heavy (non-hydrogen) atoms. The van der Waals surface area contributed by atoms with Crippen LogP contribution >= 0.6 is 0 Å². The van der Waals surface area contributed by atoms with Gasteiger partial charge in [-0.05, 0) is 37.7 Å². The molecular weight excluding hydrogens is 402 g/mol. The number of benzene rings is 1.